The Bertz CT molecular complexity index is 541. The second-order valence-electron chi connectivity index (χ2n) is 8.27. The molecular formula is C21H34O2Si. The lowest BCUT2D eigenvalue weighted by Crippen LogP contribution is -2.46. The van der Waals surface area contributed by atoms with Crippen LogP contribution in [-0.2, 0) is 15.6 Å². The topological polar surface area (TPSA) is 26.3 Å². The van der Waals surface area contributed by atoms with E-state index in [1.807, 2.05) is 13.0 Å². The lowest BCUT2D eigenvalue weighted by Gasteiger charge is -2.40. The average Bonchev–Trinajstić information content (AvgIpc) is 2.51. The van der Waals surface area contributed by atoms with E-state index in [4.69, 9.17) is 4.43 Å². The normalized spacial score (nSPS) is 15.9. The van der Waals surface area contributed by atoms with Crippen LogP contribution in [-0.4, -0.2) is 20.7 Å². The summed E-state index contributed by atoms with van der Waals surface area (Å²) in [6, 6.07) is 10.5. The van der Waals surface area contributed by atoms with Crippen LogP contribution >= 0.6 is 0 Å². The third-order valence-corrected chi connectivity index (χ3v) is 9.57. The zero-order valence-corrected chi connectivity index (χ0v) is 17.4. The van der Waals surface area contributed by atoms with Gasteiger partial charge in [-0.1, -0.05) is 64.1 Å². The Morgan fingerprint density at radius 1 is 1.21 bits per heavy atom. The highest BCUT2D eigenvalue weighted by Gasteiger charge is 2.40. The summed E-state index contributed by atoms with van der Waals surface area (Å²) in [6.07, 6.45) is 5.13. The lowest BCUT2D eigenvalue weighted by molar-refractivity contribution is -0.112. The number of hydrogen-bond donors (Lipinski definition) is 0. The molecule has 0 saturated carbocycles. The Hall–Kier alpha value is -1.19. The Kier molecular flexibility index (Phi) is 7.62. The molecule has 1 aromatic rings. The van der Waals surface area contributed by atoms with Gasteiger partial charge in [-0.2, -0.15) is 0 Å². The first-order chi connectivity index (χ1) is 11.1. The molecule has 0 aromatic heterocycles. The third-order valence-electron chi connectivity index (χ3n) is 5.11. The number of aldehydes is 1. The van der Waals surface area contributed by atoms with Crippen LogP contribution in [0.25, 0.3) is 0 Å². The number of carbonyl (C=O) groups is 1. The van der Waals surface area contributed by atoms with Gasteiger partial charge in [-0.15, -0.1) is 0 Å². The maximum absolute atomic E-state index is 11.4. The SMILES string of the molecule is C/C(=C\CCc1ccccc1)[C@H](O[Si](C)(C)C(C)(C)C)[C@H](C)C=O. The van der Waals surface area contributed by atoms with Gasteiger partial charge in [-0.3, -0.25) is 0 Å². The smallest absolute Gasteiger partial charge is 0.192 e. The number of aryl methyl sites for hydroxylation is 1. The monoisotopic (exact) mass is 346 g/mol. The van der Waals surface area contributed by atoms with E-state index in [1.165, 1.54) is 11.1 Å². The summed E-state index contributed by atoms with van der Waals surface area (Å²) >= 11 is 0. The second kappa shape index (κ2) is 8.77. The van der Waals surface area contributed by atoms with E-state index in [-0.39, 0.29) is 17.1 Å². The molecule has 2 nitrogen and oxygen atoms in total. The van der Waals surface area contributed by atoms with Gasteiger partial charge in [-0.05, 0) is 49.0 Å². The Labute approximate surface area is 149 Å². The number of benzene rings is 1. The summed E-state index contributed by atoms with van der Waals surface area (Å²) in [6.45, 7) is 15.2. The molecule has 3 heteroatoms. The first kappa shape index (κ1) is 20.9. The molecule has 0 aliphatic carbocycles. The Morgan fingerprint density at radius 3 is 2.29 bits per heavy atom. The molecule has 0 radical (unpaired) electrons. The standard InChI is InChI=1S/C21H34O2Si/c1-17(12-11-15-19-13-9-8-10-14-19)20(18(2)16-22)23-24(6,7)21(3,4)5/h8-10,12-14,16,18,20H,11,15H2,1-7H3/b17-12+/t18-,20+/m1/s1. The van der Waals surface area contributed by atoms with Gasteiger partial charge in [0.05, 0.1) is 6.10 Å². The van der Waals surface area contributed by atoms with E-state index in [2.05, 4.69) is 71.1 Å². The van der Waals surface area contributed by atoms with Gasteiger partial charge in [-0.25, -0.2) is 0 Å². The van der Waals surface area contributed by atoms with Crippen molar-refractivity contribution in [1.82, 2.24) is 0 Å². The van der Waals surface area contributed by atoms with Crippen LogP contribution in [0, 0.1) is 5.92 Å². The van der Waals surface area contributed by atoms with Crippen LogP contribution in [0.2, 0.25) is 18.1 Å². The predicted molar refractivity (Wildman–Crippen MR) is 106 cm³/mol. The fraction of sp³-hybridized carbons (Fsp3) is 0.571. The summed E-state index contributed by atoms with van der Waals surface area (Å²) < 4.78 is 6.56. The molecule has 1 aromatic carbocycles. The van der Waals surface area contributed by atoms with Crippen molar-refractivity contribution in [2.45, 2.75) is 71.7 Å². The molecule has 0 unspecified atom stereocenters. The van der Waals surface area contributed by atoms with E-state index in [1.54, 1.807) is 0 Å². The van der Waals surface area contributed by atoms with Gasteiger partial charge in [0.2, 0.25) is 0 Å². The van der Waals surface area contributed by atoms with Crippen molar-refractivity contribution in [2.75, 3.05) is 0 Å². The first-order valence-corrected chi connectivity index (χ1v) is 11.8. The molecule has 2 atom stereocenters. The summed E-state index contributed by atoms with van der Waals surface area (Å²) in [4.78, 5) is 11.4. The maximum Gasteiger partial charge on any atom is 0.192 e. The van der Waals surface area contributed by atoms with E-state index >= 15 is 0 Å². The first-order valence-electron chi connectivity index (χ1n) is 8.92. The van der Waals surface area contributed by atoms with Gasteiger partial charge < -0.3 is 9.22 Å². The van der Waals surface area contributed by atoms with E-state index < -0.39 is 8.32 Å². The number of allylic oxidation sites excluding steroid dienone is 1. The molecule has 0 bridgehead atoms. The van der Waals surface area contributed by atoms with Crippen LogP contribution in [0.15, 0.2) is 42.0 Å². The molecule has 0 amide bonds. The molecule has 0 aliphatic heterocycles. The number of hydrogen-bond acceptors (Lipinski definition) is 2. The zero-order chi connectivity index (χ0) is 18.4. The van der Waals surface area contributed by atoms with Gasteiger partial charge in [0, 0.05) is 5.92 Å². The number of rotatable bonds is 8. The van der Waals surface area contributed by atoms with Crippen molar-refractivity contribution in [1.29, 1.82) is 0 Å². The Morgan fingerprint density at radius 2 is 1.79 bits per heavy atom. The Balaban J connectivity index is 2.83. The van der Waals surface area contributed by atoms with Crippen molar-refractivity contribution in [3.8, 4) is 0 Å². The average molecular weight is 347 g/mol. The molecule has 24 heavy (non-hydrogen) atoms. The summed E-state index contributed by atoms with van der Waals surface area (Å²) in [7, 11) is -1.91. The van der Waals surface area contributed by atoms with Gasteiger partial charge >= 0.3 is 0 Å². The van der Waals surface area contributed by atoms with Crippen LogP contribution in [0.5, 0.6) is 0 Å². The van der Waals surface area contributed by atoms with Crippen molar-refractivity contribution >= 4 is 14.6 Å². The van der Waals surface area contributed by atoms with Crippen molar-refractivity contribution in [2.24, 2.45) is 5.92 Å². The number of carbonyl (C=O) groups excluding carboxylic acids is 1. The van der Waals surface area contributed by atoms with Crippen LogP contribution in [0.1, 0.15) is 46.6 Å². The quantitative estimate of drug-likeness (QED) is 0.338. The van der Waals surface area contributed by atoms with Gasteiger partial charge in [0.25, 0.3) is 0 Å². The fourth-order valence-electron chi connectivity index (χ4n) is 2.41. The minimum absolute atomic E-state index is 0.112. The molecular weight excluding hydrogens is 312 g/mol. The van der Waals surface area contributed by atoms with Crippen molar-refractivity contribution < 1.29 is 9.22 Å². The summed E-state index contributed by atoms with van der Waals surface area (Å²) in [5, 5.41) is 0.137. The zero-order valence-electron chi connectivity index (χ0n) is 16.4. The summed E-state index contributed by atoms with van der Waals surface area (Å²) in [5.41, 5.74) is 2.52. The highest BCUT2D eigenvalue weighted by atomic mass is 28.4. The van der Waals surface area contributed by atoms with Crippen LogP contribution in [0.4, 0.5) is 0 Å². The molecule has 0 heterocycles. The minimum Gasteiger partial charge on any atom is -0.410 e. The van der Waals surface area contributed by atoms with Crippen molar-refractivity contribution in [3.63, 3.8) is 0 Å². The largest absolute Gasteiger partial charge is 0.410 e. The van der Waals surface area contributed by atoms with E-state index in [0.717, 1.165) is 19.1 Å². The van der Waals surface area contributed by atoms with Gasteiger partial charge in [0.15, 0.2) is 8.32 Å². The minimum atomic E-state index is -1.91. The molecule has 0 aliphatic rings. The highest BCUT2D eigenvalue weighted by molar-refractivity contribution is 6.74. The van der Waals surface area contributed by atoms with Gasteiger partial charge in [0.1, 0.15) is 6.29 Å². The van der Waals surface area contributed by atoms with E-state index in [0.29, 0.717) is 0 Å². The summed E-state index contributed by atoms with van der Waals surface area (Å²) in [5.74, 6) is -0.118. The fourth-order valence-corrected chi connectivity index (χ4v) is 3.80. The molecule has 134 valence electrons. The molecule has 0 spiro atoms. The molecule has 0 fully saturated rings. The van der Waals surface area contributed by atoms with Crippen LogP contribution in [0.3, 0.4) is 0 Å². The maximum atomic E-state index is 11.4. The van der Waals surface area contributed by atoms with E-state index in [9.17, 15) is 4.79 Å². The highest BCUT2D eigenvalue weighted by Crippen LogP contribution is 2.39. The third kappa shape index (κ3) is 6.03. The second-order valence-corrected chi connectivity index (χ2v) is 13.0. The molecule has 0 saturated heterocycles. The van der Waals surface area contributed by atoms with Crippen molar-refractivity contribution in [3.05, 3.63) is 47.5 Å². The predicted octanol–water partition coefficient (Wildman–Crippen LogP) is 5.79. The molecule has 1 rings (SSSR count). The van der Waals surface area contributed by atoms with Crippen LogP contribution < -0.4 is 0 Å². The molecule has 0 N–H and O–H groups in total. The lowest BCUT2D eigenvalue weighted by atomic mass is 9.98.